The Hall–Kier alpha value is -4.62. The van der Waals surface area contributed by atoms with Crippen LogP contribution in [0, 0.1) is 0 Å². The molecule has 2 amide bonds. The van der Waals surface area contributed by atoms with Gasteiger partial charge in [0.2, 0.25) is 0 Å². The molecule has 1 heterocycles. The maximum absolute atomic E-state index is 14.3. The molecule has 0 unspecified atom stereocenters. The van der Waals surface area contributed by atoms with Gasteiger partial charge in [0.25, 0.3) is 11.8 Å². The van der Waals surface area contributed by atoms with Crippen molar-refractivity contribution in [1.82, 2.24) is 5.06 Å². The van der Waals surface area contributed by atoms with Crippen molar-refractivity contribution in [1.29, 1.82) is 0 Å². The quantitative estimate of drug-likeness (QED) is 0.113. The van der Waals surface area contributed by atoms with E-state index in [0.29, 0.717) is 38.2 Å². The van der Waals surface area contributed by atoms with Gasteiger partial charge in [-0.1, -0.05) is 0 Å². The Morgan fingerprint density at radius 1 is 0.531 bits per heavy atom. The molecular formula is C33H39BrNO13P. The van der Waals surface area contributed by atoms with Crippen molar-refractivity contribution in [2.24, 2.45) is 0 Å². The van der Waals surface area contributed by atoms with Gasteiger partial charge in [0.15, 0.2) is 56.6 Å². The van der Waals surface area contributed by atoms with Gasteiger partial charge in [-0.2, -0.15) is 0 Å². The first-order valence-electron chi connectivity index (χ1n) is 14.5. The van der Waals surface area contributed by atoms with E-state index >= 15 is 0 Å². The summed E-state index contributed by atoms with van der Waals surface area (Å²) in [6.07, 6.45) is -0.694. The van der Waals surface area contributed by atoms with Gasteiger partial charge in [0, 0.05) is 49.2 Å². The van der Waals surface area contributed by atoms with Crippen molar-refractivity contribution in [3.63, 3.8) is 0 Å². The fraction of sp³-hybridized carbons (Fsp3) is 0.364. The molecule has 0 aromatic heterocycles. The van der Waals surface area contributed by atoms with Gasteiger partial charge in [-0.3, -0.25) is 9.59 Å². The molecule has 1 saturated heterocycles. The van der Waals surface area contributed by atoms with Crippen LogP contribution in [-0.2, 0) is 19.2 Å². The predicted molar refractivity (Wildman–Crippen MR) is 176 cm³/mol. The first-order chi connectivity index (χ1) is 23.1. The Kier molecular flexibility index (Phi) is 13.2. The number of ether oxygens (including phenoxy) is 9. The van der Waals surface area contributed by atoms with E-state index in [1.165, 1.54) is 64.0 Å². The zero-order valence-electron chi connectivity index (χ0n) is 28.7. The van der Waals surface area contributed by atoms with Crippen molar-refractivity contribution < 1.29 is 78.8 Å². The largest absolute Gasteiger partial charge is 1.00 e. The highest BCUT2D eigenvalue weighted by molar-refractivity contribution is 7.97. The Morgan fingerprint density at radius 2 is 0.796 bits per heavy atom. The average molecular weight is 777 g/mol. The van der Waals surface area contributed by atoms with Crippen LogP contribution in [-0.4, -0.2) is 93.0 Å². The lowest BCUT2D eigenvalue weighted by Gasteiger charge is -2.33. The molecule has 3 aromatic rings. The first-order valence-corrected chi connectivity index (χ1v) is 16.4. The van der Waals surface area contributed by atoms with E-state index in [-0.39, 0.29) is 64.3 Å². The number of carbonyl (C=O) groups is 3. The Labute approximate surface area is 295 Å². The second kappa shape index (κ2) is 16.7. The van der Waals surface area contributed by atoms with Gasteiger partial charge in [-0.05, 0) is 0 Å². The molecule has 0 spiro atoms. The van der Waals surface area contributed by atoms with Crippen LogP contribution in [0.2, 0.25) is 0 Å². The zero-order chi connectivity index (χ0) is 35.2. The normalized spacial score (nSPS) is 12.5. The molecule has 266 valence electrons. The molecule has 1 fully saturated rings. The molecule has 1 aliphatic heterocycles. The van der Waals surface area contributed by atoms with E-state index in [9.17, 15) is 14.4 Å². The van der Waals surface area contributed by atoms with Crippen molar-refractivity contribution in [3.8, 4) is 51.7 Å². The number of benzene rings is 3. The van der Waals surface area contributed by atoms with Crippen molar-refractivity contribution >= 4 is 41.0 Å². The number of amides is 2. The summed E-state index contributed by atoms with van der Waals surface area (Å²) in [6.45, 7) is 0. The second-order valence-electron chi connectivity index (χ2n) is 10.2. The molecule has 0 atom stereocenters. The lowest BCUT2D eigenvalue weighted by Crippen LogP contribution is -3.00. The summed E-state index contributed by atoms with van der Waals surface area (Å²) < 4.78 is 52.7. The van der Waals surface area contributed by atoms with Crippen molar-refractivity contribution in [2.75, 3.05) is 70.2 Å². The number of carbonyl (C=O) groups excluding carboxylic acids is 3. The SMILES string of the molecule is [13CH3]Oc1cc(O[13CH3])c([P+](CC(=O)ON2C(=O)CCC2=O)(c2c(O[13CH3])cc(O[13CH3])cc2O[13CH3])c2c(O[13CH3])cc(O[13CH3])cc2O[13CH3])c(O[13CH3])c1.[Br-]. The molecule has 0 radical (unpaired) electrons. The van der Waals surface area contributed by atoms with Gasteiger partial charge in [0.05, 0.1) is 64.0 Å². The van der Waals surface area contributed by atoms with Crippen LogP contribution in [0.4, 0.5) is 0 Å². The lowest BCUT2D eigenvalue weighted by molar-refractivity contribution is -0.195. The molecule has 1 aliphatic rings. The number of hydrogen-bond donors (Lipinski definition) is 0. The van der Waals surface area contributed by atoms with Crippen LogP contribution in [0.25, 0.3) is 0 Å². The number of hydroxylamine groups is 2. The van der Waals surface area contributed by atoms with E-state index in [2.05, 4.69) is 0 Å². The molecule has 16 heteroatoms. The highest BCUT2D eigenvalue weighted by Crippen LogP contribution is 2.66. The maximum atomic E-state index is 14.3. The minimum atomic E-state index is -3.76. The minimum Gasteiger partial charge on any atom is -1.00 e. The highest BCUT2D eigenvalue weighted by Gasteiger charge is 2.60. The van der Waals surface area contributed by atoms with Gasteiger partial charge in [-0.15, -0.1) is 5.06 Å². The molecule has 0 aliphatic carbocycles. The summed E-state index contributed by atoms with van der Waals surface area (Å²) in [5, 5.41) is 1.60. The minimum absolute atomic E-state index is 0. The highest BCUT2D eigenvalue weighted by atomic mass is 79.9. The van der Waals surface area contributed by atoms with E-state index < -0.39 is 31.2 Å². The molecule has 49 heavy (non-hydrogen) atoms. The fourth-order valence-corrected chi connectivity index (χ4v) is 10.4. The van der Waals surface area contributed by atoms with E-state index in [0.717, 1.165) is 0 Å². The van der Waals surface area contributed by atoms with Gasteiger partial charge in [-0.25, -0.2) is 4.79 Å². The van der Waals surface area contributed by atoms with Crippen molar-refractivity contribution in [3.05, 3.63) is 36.4 Å². The Morgan fingerprint density at radius 3 is 1.02 bits per heavy atom. The van der Waals surface area contributed by atoms with Crippen LogP contribution in [0.1, 0.15) is 12.8 Å². The summed E-state index contributed by atoms with van der Waals surface area (Å²) in [6, 6.07) is 9.81. The maximum Gasteiger partial charge on any atom is 0.371 e. The van der Waals surface area contributed by atoms with Crippen LogP contribution in [0.5, 0.6) is 51.7 Å². The topological polar surface area (TPSA) is 147 Å². The van der Waals surface area contributed by atoms with E-state index in [1.54, 1.807) is 36.4 Å². The lowest BCUT2D eigenvalue weighted by atomic mass is 10.3. The number of imide groups is 1. The fourth-order valence-electron chi connectivity index (χ4n) is 5.65. The number of halogens is 1. The molecule has 0 N–H and O–H groups in total. The summed E-state index contributed by atoms with van der Waals surface area (Å²) in [4.78, 5) is 45.0. The third-order valence-corrected chi connectivity index (χ3v) is 12.1. The van der Waals surface area contributed by atoms with Gasteiger partial charge < -0.3 is 64.5 Å². The average Bonchev–Trinajstić information content (AvgIpc) is 3.43. The molecule has 14 nitrogen and oxygen atoms in total. The molecule has 3 aromatic carbocycles. The predicted octanol–water partition coefficient (Wildman–Crippen LogP) is -0.331. The van der Waals surface area contributed by atoms with E-state index in [1.807, 2.05) is 0 Å². The molecule has 0 saturated carbocycles. The third kappa shape index (κ3) is 7.23. The van der Waals surface area contributed by atoms with E-state index in [4.69, 9.17) is 47.5 Å². The van der Waals surface area contributed by atoms with Gasteiger partial charge in [0.1, 0.15) is 24.5 Å². The summed E-state index contributed by atoms with van der Waals surface area (Å²) in [5.41, 5.74) is 0. The smallest absolute Gasteiger partial charge is 0.371 e. The number of rotatable bonds is 15. The molecule has 0 bridgehead atoms. The van der Waals surface area contributed by atoms with Crippen LogP contribution >= 0.6 is 7.26 Å². The number of hydrogen-bond acceptors (Lipinski definition) is 13. The van der Waals surface area contributed by atoms with Crippen LogP contribution in [0.15, 0.2) is 36.4 Å². The number of methoxy groups -OCH3 is 9. The molecular weight excluding hydrogens is 738 g/mol. The third-order valence-electron chi connectivity index (χ3n) is 7.78. The summed E-state index contributed by atoms with van der Waals surface area (Å²) in [7, 11) is 9.44. The Balaban J connectivity index is 0.00000650. The Bertz CT molecular complexity index is 1450. The van der Waals surface area contributed by atoms with Gasteiger partial charge >= 0.3 is 5.97 Å². The number of nitrogens with zero attached hydrogens (tertiary/aromatic N) is 1. The van der Waals surface area contributed by atoms with Crippen molar-refractivity contribution in [2.45, 2.75) is 12.8 Å². The summed E-state index contributed by atoms with van der Waals surface area (Å²) >= 11 is 0. The standard InChI is InChI=1S/C33H39NO13P.BrH/c1-38-19-12-22(41-4)31(23(13-19)42-5)48(18-30(37)47-34-28(35)10-11-29(34)36,32-24(43-6)14-20(39-2)15-25(32)44-7)33-26(45-8)16-21(40-3)17-27(33)46-9;/h12-17H,10-11,18H2,1-9H3;1H/q+1;/p-1/i1+1,2+1,3+1,4+1,5+1,6+1,7+1,8+1,9+1;. The zero-order valence-corrected chi connectivity index (χ0v) is 31.1. The van der Waals surface area contributed by atoms with Crippen LogP contribution < -0.4 is 75.5 Å². The monoisotopic (exact) mass is 776 g/mol. The summed E-state index contributed by atoms with van der Waals surface area (Å²) in [5.74, 6) is 0.457. The molecule has 4 rings (SSSR count). The second-order valence-corrected chi connectivity index (χ2v) is 13.4. The first kappa shape index (κ1) is 38.8. The van der Waals surface area contributed by atoms with Crippen LogP contribution in [0.3, 0.4) is 0 Å².